The van der Waals surface area contributed by atoms with Crippen molar-refractivity contribution in [1.29, 1.82) is 0 Å². The van der Waals surface area contributed by atoms with Crippen molar-refractivity contribution in [1.82, 2.24) is 9.97 Å². The maximum atomic E-state index is 5.79. The molecule has 1 aliphatic heterocycles. The molecule has 1 aromatic heterocycles. The Kier molecular flexibility index (Phi) is 2.71. The zero-order valence-electron chi connectivity index (χ0n) is 10.0. The minimum atomic E-state index is -0.135. The zero-order chi connectivity index (χ0) is 11.8. The smallest absolute Gasteiger partial charge is 0.137 e. The molecule has 0 saturated carbocycles. The molecule has 1 saturated heterocycles. The molecule has 2 heterocycles. The van der Waals surface area contributed by atoms with Gasteiger partial charge in [0.1, 0.15) is 18.0 Å². The highest BCUT2D eigenvalue weighted by Gasteiger charge is 2.28. The van der Waals surface area contributed by atoms with Crippen molar-refractivity contribution in [2.24, 2.45) is 0 Å². The van der Waals surface area contributed by atoms with Gasteiger partial charge >= 0.3 is 0 Å². The molecule has 0 spiro atoms. The van der Waals surface area contributed by atoms with Crippen LogP contribution < -0.4 is 10.6 Å². The Morgan fingerprint density at radius 3 is 2.88 bits per heavy atom. The van der Waals surface area contributed by atoms with Crippen molar-refractivity contribution in [2.45, 2.75) is 26.4 Å². The van der Waals surface area contributed by atoms with Crippen LogP contribution in [0.15, 0.2) is 6.33 Å². The molecule has 2 N–H and O–H groups in total. The van der Waals surface area contributed by atoms with Gasteiger partial charge in [0, 0.05) is 18.7 Å². The number of ether oxygens (including phenoxy) is 1. The van der Waals surface area contributed by atoms with Gasteiger partial charge in [0.25, 0.3) is 0 Å². The van der Waals surface area contributed by atoms with E-state index in [9.17, 15) is 0 Å². The summed E-state index contributed by atoms with van der Waals surface area (Å²) in [5.41, 5.74) is 6.60. The number of nitrogen functional groups attached to an aromatic ring is 1. The van der Waals surface area contributed by atoms with Crippen LogP contribution in [0.2, 0.25) is 0 Å². The summed E-state index contributed by atoms with van der Waals surface area (Å²) in [6.45, 7) is 8.51. The van der Waals surface area contributed by atoms with Crippen molar-refractivity contribution in [3.63, 3.8) is 0 Å². The van der Waals surface area contributed by atoms with Gasteiger partial charge in [-0.2, -0.15) is 0 Å². The van der Waals surface area contributed by atoms with Gasteiger partial charge in [-0.05, 0) is 20.8 Å². The van der Waals surface area contributed by atoms with Gasteiger partial charge in [0.2, 0.25) is 0 Å². The van der Waals surface area contributed by atoms with Crippen molar-refractivity contribution in [3.05, 3.63) is 11.9 Å². The number of nitrogens with zero attached hydrogens (tertiary/aromatic N) is 3. The van der Waals surface area contributed by atoms with Crippen LogP contribution in [0.5, 0.6) is 0 Å². The molecule has 0 bridgehead atoms. The van der Waals surface area contributed by atoms with Gasteiger partial charge in [-0.3, -0.25) is 0 Å². The summed E-state index contributed by atoms with van der Waals surface area (Å²) >= 11 is 0. The average Bonchev–Trinajstić information content (AvgIpc) is 2.20. The highest BCUT2D eigenvalue weighted by atomic mass is 16.5. The minimum absolute atomic E-state index is 0.135. The van der Waals surface area contributed by atoms with E-state index < -0.39 is 0 Å². The van der Waals surface area contributed by atoms with Crippen LogP contribution in [-0.4, -0.2) is 35.3 Å². The zero-order valence-corrected chi connectivity index (χ0v) is 10.0. The van der Waals surface area contributed by atoms with E-state index in [1.54, 1.807) is 0 Å². The molecule has 1 fully saturated rings. The molecule has 5 nitrogen and oxygen atoms in total. The molecule has 0 atom stereocenters. The standard InChI is InChI=1S/C11H18N4O/c1-8-9(12)13-7-14-10(8)15-4-5-16-11(2,3)6-15/h7H,4-6H2,1-3H3,(H2,12,13,14). The first kappa shape index (κ1) is 11.1. The fourth-order valence-electron chi connectivity index (χ4n) is 1.97. The molecule has 0 aromatic carbocycles. The van der Waals surface area contributed by atoms with Gasteiger partial charge in [0.15, 0.2) is 0 Å². The monoisotopic (exact) mass is 222 g/mol. The highest BCUT2D eigenvalue weighted by molar-refractivity contribution is 5.55. The summed E-state index contributed by atoms with van der Waals surface area (Å²) in [6, 6.07) is 0. The van der Waals surface area contributed by atoms with Crippen LogP contribution in [0.1, 0.15) is 19.4 Å². The van der Waals surface area contributed by atoms with Crippen LogP contribution in [-0.2, 0) is 4.74 Å². The Morgan fingerprint density at radius 1 is 1.44 bits per heavy atom. The van der Waals surface area contributed by atoms with Gasteiger partial charge < -0.3 is 15.4 Å². The number of aromatic nitrogens is 2. The van der Waals surface area contributed by atoms with E-state index in [1.165, 1.54) is 6.33 Å². The molecule has 5 heteroatoms. The van der Waals surface area contributed by atoms with E-state index in [0.29, 0.717) is 5.82 Å². The van der Waals surface area contributed by atoms with E-state index in [4.69, 9.17) is 10.5 Å². The summed E-state index contributed by atoms with van der Waals surface area (Å²) in [5.74, 6) is 1.47. The SMILES string of the molecule is Cc1c(N)ncnc1N1CCOC(C)(C)C1. The molecule has 88 valence electrons. The molecule has 1 aliphatic rings. The molecule has 0 radical (unpaired) electrons. The van der Waals surface area contributed by atoms with E-state index in [1.807, 2.05) is 6.92 Å². The predicted octanol–water partition coefficient (Wildman–Crippen LogP) is 0.982. The fraction of sp³-hybridized carbons (Fsp3) is 0.636. The highest BCUT2D eigenvalue weighted by Crippen LogP contribution is 2.25. The molecule has 1 aromatic rings. The largest absolute Gasteiger partial charge is 0.383 e. The van der Waals surface area contributed by atoms with Crippen molar-refractivity contribution >= 4 is 11.6 Å². The van der Waals surface area contributed by atoms with Crippen LogP contribution >= 0.6 is 0 Å². The maximum absolute atomic E-state index is 5.79. The van der Waals surface area contributed by atoms with Crippen molar-refractivity contribution < 1.29 is 4.74 Å². The normalized spacial score (nSPS) is 19.8. The number of anilines is 2. The molecule has 16 heavy (non-hydrogen) atoms. The number of nitrogens with two attached hydrogens (primary N) is 1. The van der Waals surface area contributed by atoms with E-state index in [-0.39, 0.29) is 5.60 Å². The quantitative estimate of drug-likeness (QED) is 0.767. The Bertz CT molecular complexity index is 392. The predicted molar refractivity (Wildman–Crippen MR) is 63.4 cm³/mol. The van der Waals surface area contributed by atoms with Crippen LogP contribution in [0.25, 0.3) is 0 Å². The molecule has 0 amide bonds. The van der Waals surface area contributed by atoms with Crippen LogP contribution in [0, 0.1) is 6.92 Å². The van der Waals surface area contributed by atoms with Gasteiger partial charge in [-0.1, -0.05) is 0 Å². The van der Waals surface area contributed by atoms with Crippen LogP contribution in [0.4, 0.5) is 11.6 Å². The third-order valence-electron chi connectivity index (χ3n) is 2.82. The lowest BCUT2D eigenvalue weighted by Gasteiger charge is -2.39. The number of hydrogen-bond donors (Lipinski definition) is 1. The lowest BCUT2D eigenvalue weighted by Crippen LogP contribution is -2.48. The minimum Gasteiger partial charge on any atom is -0.383 e. The summed E-state index contributed by atoms with van der Waals surface area (Å²) in [5, 5.41) is 0. The topological polar surface area (TPSA) is 64.3 Å². The second-order valence-corrected chi connectivity index (χ2v) is 4.74. The lowest BCUT2D eigenvalue weighted by atomic mass is 10.1. The first-order valence-electron chi connectivity index (χ1n) is 5.45. The summed E-state index contributed by atoms with van der Waals surface area (Å²) in [6.07, 6.45) is 1.51. The Hall–Kier alpha value is -1.36. The van der Waals surface area contributed by atoms with Gasteiger partial charge in [-0.15, -0.1) is 0 Å². The van der Waals surface area contributed by atoms with E-state index >= 15 is 0 Å². The molecule has 0 unspecified atom stereocenters. The van der Waals surface area contributed by atoms with Crippen molar-refractivity contribution in [3.8, 4) is 0 Å². The molecular formula is C11H18N4O. The number of morpholine rings is 1. The van der Waals surface area contributed by atoms with E-state index in [2.05, 4.69) is 28.7 Å². The first-order chi connectivity index (χ1) is 7.49. The van der Waals surface area contributed by atoms with Gasteiger partial charge in [-0.25, -0.2) is 9.97 Å². The summed E-state index contributed by atoms with van der Waals surface area (Å²) in [4.78, 5) is 10.5. The maximum Gasteiger partial charge on any atom is 0.137 e. The Morgan fingerprint density at radius 2 is 2.19 bits per heavy atom. The second kappa shape index (κ2) is 3.90. The molecular weight excluding hydrogens is 204 g/mol. The fourth-order valence-corrected chi connectivity index (χ4v) is 1.97. The lowest BCUT2D eigenvalue weighted by molar-refractivity contribution is -0.0279. The summed E-state index contributed by atoms with van der Waals surface area (Å²) in [7, 11) is 0. The molecule has 0 aliphatic carbocycles. The number of hydrogen-bond acceptors (Lipinski definition) is 5. The van der Waals surface area contributed by atoms with Crippen LogP contribution in [0.3, 0.4) is 0 Å². The Balaban J connectivity index is 2.27. The molecule has 2 rings (SSSR count). The van der Waals surface area contributed by atoms with Crippen molar-refractivity contribution in [2.75, 3.05) is 30.3 Å². The van der Waals surface area contributed by atoms with E-state index in [0.717, 1.165) is 31.1 Å². The third kappa shape index (κ3) is 2.09. The Labute approximate surface area is 95.6 Å². The number of rotatable bonds is 1. The first-order valence-corrected chi connectivity index (χ1v) is 5.45. The third-order valence-corrected chi connectivity index (χ3v) is 2.82. The van der Waals surface area contributed by atoms with Gasteiger partial charge in [0.05, 0.1) is 12.2 Å². The average molecular weight is 222 g/mol. The second-order valence-electron chi connectivity index (χ2n) is 4.74. The summed E-state index contributed by atoms with van der Waals surface area (Å²) < 4.78 is 5.67.